The van der Waals surface area contributed by atoms with E-state index in [0.29, 0.717) is 6.42 Å². The van der Waals surface area contributed by atoms with E-state index in [4.69, 9.17) is 8.92 Å². The Bertz CT molecular complexity index is 904. The van der Waals surface area contributed by atoms with E-state index in [1.807, 2.05) is 0 Å². The Morgan fingerprint density at radius 3 is 2.45 bits per heavy atom. The number of pyridine rings is 1. The summed E-state index contributed by atoms with van der Waals surface area (Å²) < 4.78 is 34.2. The summed E-state index contributed by atoms with van der Waals surface area (Å²) >= 11 is 0. The van der Waals surface area contributed by atoms with Crippen molar-refractivity contribution in [3.63, 3.8) is 0 Å². The van der Waals surface area contributed by atoms with Crippen molar-refractivity contribution in [2.75, 3.05) is 25.5 Å². The van der Waals surface area contributed by atoms with Crippen LogP contribution >= 0.6 is 0 Å². The van der Waals surface area contributed by atoms with Gasteiger partial charge in [-0.05, 0) is 37.8 Å². The third-order valence-electron chi connectivity index (χ3n) is 5.08. The topological polar surface area (TPSA) is 169 Å². The zero-order valence-corrected chi connectivity index (χ0v) is 19.9. The predicted molar refractivity (Wildman–Crippen MR) is 118 cm³/mol. The Balaban J connectivity index is 2.56. The first kappa shape index (κ1) is 28.5. The number of carboxylic acid groups (broad SMARTS) is 1. The van der Waals surface area contributed by atoms with Crippen LogP contribution in [0.15, 0.2) is 24.5 Å². The highest BCUT2D eigenvalue weighted by Crippen LogP contribution is 2.36. The van der Waals surface area contributed by atoms with Gasteiger partial charge in [0.1, 0.15) is 0 Å². The van der Waals surface area contributed by atoms with E-state index in [0.717, 1.165) is 0 Å². The molecule has 0 aliphatic heterocycles. The number of ether oxygens (including phenoxy) is 1. The molecule has 0 aliphatic carbocycles. The lowest BCUT2D eigenvalue weighted by molar-refractivity contribution is -0.177. The monoisotopic (exact) mass is 488 g/mol. The minimum Gasteiger partial charge on any atom is -0.479 e. The minimum absolute atomic E-state index is 0.0169. The van der Waals surface area contributed by atoms with Crippen LogP contribution in [0.5, 0.6) is 0 Å². The van der Waals surface area contributed by atoms with Crippen LogP contribution in [0.4, 0.5) is 0 Å². The third-order valence-corrected chi connectivity index (χ3v) is 6.35. The molecule has 0 aromatic carbocycles. The molecule has 33 heavy (non-hydrogen) atoms. The molecule has 0 radical (unpaired) electrons. The van der Waals surface area contributed by atoms with Crippen molar-refractivity contribution in [2.45, 2.75) is 52.1 Å². The van der Waals surface area contributed by atoms with Crippen LogP contribution < -0.4 is 5.32 Å². The fourth-order valence-corrected chi connectivity index (χ4v) is 3.97. The Labute approximate surface area is 193 Å². The molecule has 3 N–H and O–H groups in total. The molecule has 1 aromatic heterocycles. The quantitative estimate of drug-likeness (QED) is 0.185. The zero-order chi connectivity index (χ0) is 25.1. The number of hydrogen-bond acceptors (Lipinski definition) is 9. The molecule has 1 atom stereocenters. The molecule has 0 saturated carbocycles. The maximum absolute atomic E-state index is 12.1. The van der Waals surface area contributed by atoms with Gasteiger partial charge in [0.15, 0.2) is 5.60 Å². The van der Waals surface area contributed by atoms with E-state index < -0.39 is 39.7 Å². The highest BCUT2D eigenvalue weighted by atomic mass is 32.2. The van der Waals surface area contributed by atoms with Crippen LogP contribution in [-0.2, 0) is 28.6 Å². The maximum Gasteiger partial charge on any atom is 0.339 e. The molecule has 1 aromatic rings. The normalized spacial score (nSPS) is 13.7. The number of nitrogens with one attached hydrogen (secondary N) is 1. The van der Waals surface area contributed by atoms with Crippen LogP contribution in [0, 0.1) is 5.41 Å². The van der Waals surface area contributed by atoms with Crippen LogP contribution in [-0.4, -0.2) is 72.6 Å². The van der Waals surface area contributed by atoms with E-state index in [1.54, 1.807) is 12.1 Å². The molecule has 1 rings (SSSR count). The number of aliphatic hydroxyl groups is 1. The molecule has 0 unspecified atom stereocenters. The zero-order valence-electron chi connectivity index (χ0n) is 19.1. The van der Waals surface area contributed by atoms with Gasteiger partial charge in [0.2, 0.25) is 5.91 Å². The van der Waals surface area contributed by atoms with Gasteiger partial charge < -0.3 is 20.3 Å². The van der Waals surface area contributed by atoms with Crippen molar-refractivity contribution >= 4 is 28.0 Å². The molecule has 0 spiro atoms. The second-order valence-electron chi connectivity index (χ2n) is 8.24. The average Bonchev–Trinajstić information content (AvgIpc) is 2.75. The number of carboxylic acids is 1. The van der Waals surface area contributed by atoms with Crippen molar-refractivity contribution < 1.29 is 41.9 Å². The van der Waals surface area contributed by atoms with Gasteiger partial charge in [-0.1, -0.05) is 13.8 Å². The number of hydrogen-bond donors (Lipinski definition) is 3. The van der Waals surface area contributed by atoms with Gasteiger partial charge in [-0.15, -0.1) is 0 Å². The fraction of sp³-hybridized carbons (Fsp3) is 0.619. The molecule has 11 nitrogen and oxygen atoms in total. The molecule has 186 valence electrons. The number of aromatic nitrogens is 1. The standard InChI is InChI=1S/C21H32N2O9S/c1-16(24)23-11-7-13-33(29,30)32-15-20(2,3)21(28,19(26)27)9-4-5-12-31-18(25)17-8-6-10-22-14-17/h6,8,10,14,28H,4-5,7,9,11-13,15H2,1-3H3,(H,23,24)(H,26,27)/t21-/m0/s1. The van der Waals surface area contributed by atoms with Crippen LogP contribution in [0.2, 0.25) is 0 Å². The summed E-state index contributed by atoms with van der Waals surface area (Å²) in [6, 6.07) is 3.14. The van der Waals surface area contributed by atoms with Gasteiger partial charge in [-0.3, -0.25) is 14.0 Å². The van der Waals surface area contributed by atoms with Crippen molar-refractivity contribution in [2.24, 2.45) is 5.41 Å². The minimum atomic E-state index is -3.98. The van der Waals surface area contributed by atoms with E-state index >= 15 is 0 Å². The molecule has 0 bridgehead atoms. The van der Waals surface area contributed by atoms with E-state index in [-0.39, 0.29) is 49.6 Å². The Morgan fingerprint density at radius 2 is 1.88 bits per heavy atom. The third kappa shape index (κ3) is 9.44. The number of nitrogens with zero attached hydrogens (tertiary/aromatic N) is 1. The summed E-state index contributed by atoms with van der Waals surface area (Å²) in [7, 11) is -3.98. The number of rotatable bonds is 15. The highest BCUT2D eigenvalue weighted by molar-refractivity contribution is 7.86. The number of amides is 1. The number of esters is 1. The molecule has 1 amide bonds. The highest BCUT2D eigenvalue weighted by Gasteiger charge is 2.50. The molecule has 0 fully saturated rings. The lowest BCUT2D eigenvalue weighted by Gasteiger charge is -2.39. The smallest absolute Gasteiger partial charge is 0.339 e. The Morgan fingerprint density at radius 1 is 1.18 bits per heavy atom. The van der Waals surface area contributed by atoms with Crippen molar-refractivity contribution in [3.05, 3.63) is 30.1 Å². The first-order valence-corrected chi connectivity index (χ1v) is 12.0. The van der Waals surface area contributed by atoms with Crippen molar-refractivity contribution in [1.29, 1.82) is 0 Å². The lowest BCUT2D eigenvalue weighted by Crippen LogP contribution is -2.53. The lowest BCUT2D eigenvalue weighted by atomic mass is 9.72. The number of aliphatic carboxylic acids is 1. The molecule has 12 heteroatoms. The average molecular weight is 489 g/mol. The molecular formula is C21H32N2O9S. The van der Waals surface area contributed by atoms with Crippen LogP contribution in [0.3, 0.4) is 0 Å². The summed E-state index contributed by atoms with van der Waals surface area (Å²) in [6.07, 6.45) is 3.30. The summed E-state index contributed by atoms with van der Waals surface area (Å²) in [4.78, 5) is 38.4. The van der Waals surface area contributed by atoms with Gasteiger partial charge in [-0.25, -0.2) is 9.59 Å². The molecule has 0 aliphatic rings. The summed E-state index contributed by atoms with van der Waals surface area (Å²) in [5.74, 6) is -2.72. The second-order valence-corrected chi connectivity index (χ2v) is 10.0. The van der Waals surface area contributed by atoms with Gasteiger partial charge >= 0.3 is 11.9 Å². The Kier molecular flexibility index (Phi) is 10.9. The van der Waals surface area contributed by atoms with Crippen LogP contribution in [0.25, 0.3) is 0 Å². The van der Waals surface area contributed by atoms with Gasteiger partial charge in [0, 0.05) is 31.3 Å². The largest absolute Gasteiger partial charge is 0.479 e. The first-order valence-electron chi connectivity index (χ1n) is 10.5. The van der Waals surface area contributed by atoms with E-state index in [1.165, 1.54) is 33.2 Å². The van der Waals surface area contributed by atoms with Crippen molar-refractivity contribution in [3.8, 4) is 0 Å². The van der Waals surface area contributed by atoms with Gasteiger partial charge in [-0.2, -0.15) is 8.42 Å². The maximum atomic E-state index is 12.1. The summed E-state index contributed by atoms with van der Waals surface area (Å²) in [5.41, 5.74) is -3.43. The fourth-order valence-electron chi connectivity index (χ4n) is 2.88. The van der Waals surface area contributed by atoms with Crippen molar-refractivity contribution in [1.82, 2.24) is 10.3 Å². The number of carbonyl (C=O) groups excluding carboxylic acids is 2. The molecule has 0 saturated heterocycles. The van der Waals surface area contributed by atoms with E-state index in [2.05, 4.69) is 10.3 Å². The van der Waals surface area contributed by atoms with Gasteiger partial charge in [0.25, 0.3) is 10.1 Å². The van der Waals surface area contributed by atoms with E-state index in [9.17, 15) is 33.0 Å². The predicted octanol–water partition coefficient (Wildman–Crippen LogP) is 1.12. The van der Waals surface area contributed by atoms with Crippen LogP contribution in [0.1, 0.15) is 56.8 Å². The second kappa shape index (κ2) is 12.6. The molecular weight excluding hydrogens is 456 g/mol. The SMILES string of the molecule is CC(=O)NCCCS(=O)(=O)OCC(C)(C)[C@](O)(CCCCOC(=O)c1cccnc1)C(=O)O. The Hall–Kier alpha value is -2.57. The number of unbranched alkanes of at least 4 members (excludes halogenated alkanes) is 1. The summed E-state index contributed by atoms with van der Waals surface area (Å²) in [6.45, 7) is 3.74. The first-order chi connectivity index (χ1) is 15.3. The molecule has 1 heterocycles. The number of carbonyl (C=O) groups is 3. The summed E-state index contributed by atoms with van der Waals surface area (Å²) in [5, 5.41) is 22.9. The van der Waals surface area contributed by atoms with Gasteiger partial charge in [0.05, 0.1) is 24.5 Å².